The molecule has 4 nitrogen and oxygen atoms in total. The van der Waals surface area contributed by atoms with Crippen LogP contribution in [0.15, 0.2) is 4.99 Å². The summed E-state index contributed by atoms with van der Waals surface area (Å²) in [6.07, 6.45) is 3.33. The van der Waals surface area contributed by atoms with Gasteiger partial charge in [-0.05, 0) is 12.8 Å². The molecule has 0 bridgehead atoms. The summed E-state index contributed by atoms with van der Waals surface area (Å²) in [5.41, 5.74) is 0. The number of hydrogen-bond acceptors (Lipinski definition) is 3. The van der Waals surface area contributed by atoms with E-state index in [-0.39, 0.29) is 0 Å². The molecule has 66 valence electrons. The molecule has 4 heteroatoms. The quantitative estimate of drug-likeness (QED) is 0.512. The fraction of sp³-hybridized carbons (Fsp3) is 0.750. The molecule has 12 heavy (non-hydrogen) atoms. The molecule has 2 rings (SSSR count). The lowest BCUT2D eigenvalue weighted by Gasteiger charge is -2.22. The van der Waals surface area contributed by atoms with Crippen LogP contribution >= 0.6 is 0 Å². The normalized spacial score (nSPS) is 23.2. The van der Waals surface area contributed by atoms with Crippen molar-refractivity contribution < 1.29 is 4.79 Å². The molecule has 0 atom stereocenters. The van der Waals surface area contributed by atoms with Crippen LogP contribution in [0.3, 0.4) is 0 Å². The summed E-state index contributed by atoms with van der Waals surface area (Å²) >= 11 is 0. The number of carbonyl (C=O) groups excluding carboxylic acids is 1. The van der Waals surface area contributed by atoms with E-state index in [1.165, 1.54) is 12.8 Å². The minimum atomic E-state index is 0.759. The largest absolute Gasteiger partial charge is 0.342 e. The van der Waals surface area contributed by atoms with Crippen LogP contribution in [-0.4, -0.2) is 48.3 Å². The molecular weight excluding hydrogens is 154 g/mol. The second-order valence-electron chi connectivity index (χ2n) is 3.17. The van der Waals surface area contributed by atoms with Crippen LogP contribution in [0, 0.1) is 0 Å². The van der Waals surface area contributed by atoms with E-state index in [9.17, 15) is 4.79 Å². The van der Waals surface area contributed by atoms with Crippen LogP contribution in [0.5, 0.6) is 0 Å². The highest BCUT2D eigenvalue weighted by Gasteiger charge is 2.24. The maximum Gasteiger partial charge on any atom is 0.216 e. The average molecular weight is 167 g/mol. The van der Waals surface area contributed by atoms with E-state index < -0.39 is 0 Å². The molecule has 0 aromatic carbocycles. The molecule has 2 aliphatic heterocycles. The van der Waals surface area contributed by atoms with Crippen molar-refractivity contribution in [2.45, 2.75) is 12.8 Å². The van der Waals surface area contributed by atoms with Gasteiger partial charge in [-0.2, -0.15) is 0 Å². The summed E-state index contributed by atoms with van der Waals surface area (Å²) in [6, 6.07) is 0. The lowest BCUT2D eigenvalue weighted by molar-refractivity contribution is -0.114. The molecule has 0 aromatic heterocycles. The molecule has 2 heterocycles. The van der Waals surface area contributed by atoms with Crippen LogP contribution in [0.25, 0.3) is 0 Å². The summed E-state index contributed by atoms with van der Waals surface area (Å²) in [6.45, 7) is 3.65. The molecule has 2 aliphatic rings. The smallest absolute Gasteiger partial charge is 0.216 e. The molecule has 0 radical (unpaired) electrons. The van der Waals surface area contributed by atoms with E-state index in [1.54, 1.807) is 4.90 Å². The third kappa shape index (κ3) is 1.17. The fourth-order valence-corrected chi connectivity index (χ4v) is 1.75. The molecule has 0 N–H and O–H groups in total. The summed E-state index contributed by atoms with van der Waals surface area (Å²) in [7, 11) is 0. The zero-order chi connectivity index (χ0) is 8.39. The maximum atomic E-state index is 10.6. The lowest BCUT2D eigenvalue weighted by Crippen LogP contribution is -2.39. The highest BCUT2D eigenvalue weighted by molar-refractivity contribution is 5.90. The third-order valence-corrected chi connectivity index (χ3v) is 2.37. The molecule has 1 amide bonds. The number of rotatable bonds is 1. The summed E-state index contributed by atoms with van der Waals surface area (Å²) in [4.78, 5) is 18.8. The van der Waals surface area contributed by atoms with Gasteiger partial charge in [0.25, 0.3) is 0 Å². The second kappa shape index (κ2) is 3.13. The third-order valence-electron chi connectivity index (χ3n) is 2.37. The summed E-state index contributed by atoms with van der Waals surface area (Å²) < 4.78 is 0. The first kappa shape index (κ1) is 7.58. The standard InChI is InChI=1S/C8H13N3O/c12-7-11-6-3-9-8(11)10-4-1-2-5-10/h7H,1-6H2. The minimum Gasteiger partial charge on any atom is -0.342 e. The van der Waals surface area contributed by atoms with Gasteiger partial charge in [-0.3, -0.25) is 14.7 Å². The van der Waals surface area contributed by atoms with E-state index in [0.717, 1.165) is 38.5 Å². The van der Waals surface area contributed by atoms with E-state index in [2.05, 4.69) is 9.89 Å². The van der Waals surface area contributed by atoms with Gasteiger partial charge in [-0.25, -0.2) is 0 Å². The highest BCUT2D eigenvalue weighted by atomic mass is 16.1. The first-order chi connectivity index (χ1) is 5.92. The van der Waals surface area contributed by atoms with Crippen LogP contribution in [0.2, 0.25) is 0 Å². The van der Waals surface area contributed by atoms with Crippen LogP contribution in [-0.2, 0) is 4.79 Å². The number of hydrogen-bond donors (Lipinski definition) is 0. The first-order valence-corrected chi connectivity index (χ1v) is 4.43. The minimum absolute atomic E-state index is 0.759. The Balaban J connectivity index is 2.05. The lowest BCUT2D eigenvalue weighted by atomic mass is 10.4. The van der Waals surface area contributed by atoms with Crippen LogP contribution in [0.1, 0.15) is 12.8 Å². The zero-order valence-corrected chi connectivity index (χ0v) is 7.07. The van der Waals surface area contributed by atoms with E-state index >= 15 is 0 Å². The van der Waals surface area contributed by atoms with Crippen molar-refractivity contribution in [1.29, 1.82) is 0 Å². The number of carbonyl (C=O) groups is 1. The number of likely N-dealkylation sites (tertiary alicyclic amines) is 1. The SMILES string of the molecule is O=CN1CCN=C1N1CCCC1. The Morgan fingerprint density at radius 3 is 2.67 bits per heavy atom. The monoisotopic (exact) mass is 167 g/mol. The highest BCUT2D eigenvalue weighted by Crippen LogP contribution is 2.12. The summed E-state index contributed by atoms with van der Waals surface area (Å²) in [5.74, 6) is 0.891. The van der Waals surface area contributed by atoms with Crippen molar-refractivity contribution in [2.24, 2.45) is 4.99 Å². The van der Waals surface area contributed by atoms with Crippen LogP contribution < -0.4 is 0 Å². The number of amides is 1. The van der Waals surface area contributed by atoms with Crippen molar-refractivity contribution in [1.82, 2.24) is 9.80 Å². The second-order valence-corrected chi connectivity index (χ2v) is 3.17. The molecule has 1 saturated heterocycles. The predicted octanol–water partition coefficient (Wildman–Crippen LogP) is -0.0898. The maximum absolute atomic E-state index is 10.6. The molecule has 0 aromatic rings. The number of aliphatic imine (C=N–C) groups is 1. The van der Waals surface area contributed by atoms with Crippen molar-refractivity contribution in [2.75, 3.05) is 26.2 Å². The van der Waals surface area contributed by atoms with Crippen LogP contribution in [0.4, 0.5) is 0 Å². The van der Waals surface area contributed by atoms with Gasteiger partial charge < -0.3 is 4.90 Å². The zero-order valence-electron chi connectivity index (χ0n) is 7.07. The average Bonchev–Trinajstić information content (AvgIpc) is 2.74. The molecule has 1 fully saturated rings. The van der Waals surface area contributed by atoms with E-state index in [4.69, 9.17) is 0 Å². The van der Waals surface area contributed by atoms with Crippen molar-refractivity contribution in [3.8, 4) is 0 Å². The van der Waals surface area contributed by atoms with Gasteiger partial charge >= 0.3 is 0 Å². The van der Waals surface area contributed by atoms with Gasteiger partial charge in [0.2, 0.25) is 12.4 Å². The molecule has 0 unspecified atom stereocenters. The predicted molar refractivity (Wildman–Crippen MR) is 45.9 cm³/mol. The Kier molecular flexibility index (Phi) is 1.98. The Labute approximate surface area is 71.9 Å². The molecule has 0 spiro atoms. The van der Waals surface area contributed by atoms with Gasteiger partial charge in [-0.1, -0.05) is 0 Å². The molecule has 0 saturated carbocycles. The van der Waals surface area contributed by atoms with Crippen molar-refractivity contribution >= 4 is 12.4 Å². The number of guanidine groups is 1. The Bertz CT molecular complexity index is 208. The van der Waals surface area contributed by atoms with Gasteiger partial charge in [0.05, 0.1) is 6.54 Å². The first-order valence-electron chi connectivity index (χ1n) is 4.43. The van der Waals surface area contributed by atoms with E-state index in [1.807, 2.05) is 0 Å². The van der Waals surface area contributed by atoms with Gasteiger partial charge in [0.1, 0.15) is 0 Å². The fourth-order valence-electron chi connectivity index (χ4n) is 1.75. The Hall–Kier alpha value is -1.06. The van der Waals surface area contributed by atoms with Gasteiger partial charge in [0, 0.05) is 19.6 Å². The molecule has 0 aliphatic carbocycles. The Morgan fingerprint density at radius 2 is 2.00 bits per heavy atom. The van der Waals surface area contributed by atoms with E-state index in [0.29, 0.717) is 0 Å². The van der Waals surface area contributed by atoms with Crippen molar-refractivity contribution in [3.63, 3.8) is 0 Å². The van der Waals surface area contributed by atoms with Crippen molar-refractivity contribution in [3.05, 3.63) is 0 Å². The van der Waals surface area contributed by atoms with Gasteiger partial charge in [-0.15, -0.1) is 0 Å². The summed E-state index contributed by atoms with van der Waals surface area (Å²) in [5, 5.41) is 0. The topological polar surface area (TPSA) is 35.9 Å². The molecular formula is C8H13N3O. The Morgan fingerprint density at radius 1 is 1.25 bits per heavy atom. The number of nitrogens with zero attached hydrogens (tertiary/aromatic N) is 3. The van der Waals surface area contributed by atoms with Gasteiger partial charge in [0.15, 0.2) is 0 Å².